The number of imidazole rings is 1. The fourth-order valence-corrected chi connectivity index (χ4v) is 4.09. The Bertz CT molecular complexity index is 944. The van der Waals surface area contributed by atoms with Gasteiger partial charge < -0.3 is 9.72 Å². The van der Waals surface area contributed by atoms with Crippen molar-refractivity contribution >= 4 is 11.6 Å². The number of aryl methyl sites for hydroxylation is 1. The number of carbonyl (C=O) groups is 1. The van der Waals surface area contributed by atoms with E-state index in [1.165, 1.54) is 6.07 Å². The van der Waals surface area contributed by atoms with Gasteiger partial charge in [-0.15, -0.1) is 0 Å². The van der Waals surface area contributed by atoms with Crippen molar-refractivity contribution in [3.63, 3.8) is 0 Å². The Morgan fingerprint density at radius 2 is 1.80 bits per heavy atom. The lowest BCUT2D eigenvalue weighted by atomic mass is 9.83. The Morgan fingerprint density at radius 3 is 2.33 bits per heavy atom. The highest BCUT2D eigenvalue weighted by Gasteiger charge is 2.38. The Kier molecular flexibility index (Phi) is 5.67. The SMILES string of the molecule is Cc1cc(C(=O)NC(C)(C)C)cc2nc(C(C)(F)F)c(CC3CCC(F)(F)CC3)n12. The number of amides is 1. The van der Waals surface area contributed by atoms with Crippen molar-refractivity contribution in [2.24, 2.45) is 5.92 Å². The number of halogens is 4. The average Bonchev–Trinajstić information content (AvgIpc) is 2.94. The van der Waals surface area contributed by atoms with Gasteiger partial charge in [0.15, 0.2) is 0 Å². The number of hydrogen-bond donors (Lipinski definition) is 1. The maximum atomic E-state index is 14.4. The fourth-order valence-electron chi connectivity index (χ4n) is 4.09. The zero-order valence-corrected chi connectivity index (χ0v) is 18.1. The summed E-state index contributed by atoms with van der Waals surface area (Å²) in [5.74, 6) is -6.26. The van der Waals surface area contributed by atoms with Crippen LogP contribution in [0.1, 0.15) is 80.8 Å². The van der Waals surface area contributed by atoms with Crippen LogP contribution in [0.15, 0.2) is 12.1 Å². The van der Waals surface area contributed by atoms with E-state index in [9.17, 15) is 22.4 Å². The van der Waals surface area contributed by atoms with Gasteiger partial charge in [0.05, 0.1) is 5.69 Å². The highest BCUT2D eigenvalue weighted by Crippen LogP contribution is 2.39. The number of aromatic nitrogens is 2. The van der Waals surface area contributed by atoms with Gasteiger partial charge in [0, 0.05) is 36.6 Å². The van der Waals surface area contributed by atoms with Crippen LogP contribution in [0.4, 0.5) is 17.6 Å². The summed E-state index contributed by atoms with van der Waals surface area (Å²) in [6.07, 6.45) is 0.398. The van der Waals surface area contributed by atoms with Crippen LogP contribution in [0.2, 0.25) is 0 Å². The number of pyridine rings is 1. The van der Waals surface area contributed by atoms with Gasteiger partial charge in [-0.3, -0.25) is 4.79 Å². The number of carbonyl (C=O) groups excluding carboxylic acids is 1. The molecule has 8 heteroatoms. The Balaban J connectivity index is 2.02. The predicted molar refractivity (Wildman–Crippen MR) is 107 cm³/mol. The minimum absolute atomic E-state index is 0.103. The molecule has 2 aromatic rings. The molecule has 1 aliphatic carbocycles. The van der Waals surface area contributed by atoms with E-state index in [2.05, 4.69) is 10.3 Å². The first-order valence-corrected chi connectivity index (χ1v) is 10.3. The van der Waals surface area contributed by atoms with Crippen LogP contribution < -0.4 is 5.32 Å². The average molecular weight is 427 g/mol. The van der Waals surface area contributed by atoms with Crippen LogP contribution in [-0.4, -0.2) is 26.8 Å². The third-order valence-corrected chi connectivity index (χ3v) is 5.49. The summed E-state index contributed by atoms with van der Waals surface area (Å²) in [6, 6.07) is 3.15. The molecule has 2 aromatic heterocycles. The van der Waals surface area contributed by atoms with E-state index in [1.807, 2.05) is 20.8 Å². The monoisotopic (exact) mass is 427 g/mol. The largest absolute Gasteiger partial charge is 0.347 e. The first kappa shape index (κ1) is 22.6. The van der Waals surface area contributed by atoms with Crippen molar-refractivity contribution in [2.75, 3.05) is 0 Å². The lowest BCUT2D eigenvalue weighted by molar-refractivity contribution is -0.0460. The second-order valence-corrected chi connectivity index (χ2v) is 9.58. The van der Waals surface area contributed by atoms with E-state index in [4.69, 9.17) is 0 Å². The molecule has 1 amide bonds. The summed E-state index contributed by atoms with van der Waals surface area (Å²) in [5, 5.41) is 2.86. The maximum Gasteiger partial charge on any atom is 0.288 e. The molecule has 1 aliphatic rings. The van der Waals surface area contributed by atoms with E-state index >= 15 is 0 Å². The third kappa shape index (κ3) is 4.95. The summed E-state index contributed by atoms with van der Waals surface area (Å²) in [6.45, 7) is 8.09. The van der Waals surface area contributed by atoms with Crippen LogP contribution in [0, 0.1) is 12.8 Å². The molecule has 0 aromatic carbocycles. The number of rotatable bonds is 4. The van der Waals surface area contributed by atoms with Gasteiger partial charge in [-0.1, -0.05) is 0 Å². The molecule has 4 nitrogen and oxygen atoms in total. The van der Waals surface area contributed by atoms with Gasteiger partial charge in [-0.2, -0.15) is 8.78 Å². The molecule has 0 saturated heterocycles. The Morgan fingerprint density at radius 1 is 1.20 bits per heavy atom. The van der Waals surface area contributed by atoms with Gasteiger partial charge in [-0.25, -0.2) is 13.8 Å². The van der Waals surface area contributed by atoms with E-state index in [1.54, 1.807) is 17.4 Å². The normalized spacial score (nSPS) is 18.0. The molecule has 0 bridgehead atoms. The molecule has 1 saturated carbocycles. The number of alkyl halides is 4. The van der Waals surface area contributed by atoms with E-state index < -0.39 is 17.4 Å². The smallest absolute Gasteiger partial charge is 0.288 e. The van der Waals surface area contributed by atoms with Crippen molar-refractivity contribution in [3.8, 4) is 0 Å². The van der Waals surface area contributed by atoms with Crippen molar-refractivity contribution < 1.29 is 22.4 Å². The molecular formula is C22H29F4N3O. The molecule has 3 rings (SSSR count). The van der Waals surface area contributed by atoms with Crippen molar-refractivity contribution in [1.29, 1.82) is 0 Å². The zero-order valence-electron chi connectivity index (χ0n) is 18.1. The minimum atomic E-state index is -3.18. The first-order chi connectivity index (χ1) is 13.7. The number of fused-ring (bicyclic) bond motifs is 1. The molecule has 166 valence electrons. The summed E-state index contributed by atoms with van der Waals surface area (Å²) < 4.78 is 57.4. The van der Waals surface area contributed by atoms with E-state index in [0.29, 0.717) is 29.8 Å². The maximum absolute atomic E-state index is 14.4. The second kappa shape index (κ2) is 7.54. The number of nitrogens with zero attached hydrogens (tertiary/aromatic N) is 2. The van der Waals surface area contributed by atoms with Crippen molar-refractivity contribution in [2.45, 2.75) is 84.1 Å². The van der Waals surface area contributed by atoms with Crippen LogP contribution in [-0.2, 0) is 12.3 Å². The van der Waals surface area contributed by atoms with Crippen LogP contribution >= 0.6 is 0 Å². The minimum Gasteiger partial charge on any atom is -0.347 e. The lowest BCUT2D eigenvalue weighted by Crippen LogP contribution is -2.40. The quantitative estimate of drug-likeness (QED) is 0.641. The molecule has 0 atom stereocenters. The Hall–Kier alpha value is -2.12. The highest BCUT2D eigenvalue weighted by molar-refractivity contribution is 5.95. The summed E-state index contributed by atoms with van der Waals surface area (Å²) in [5.41, 5.74) is 0.758. The van der Waals surface area contributed by atoms with Gasteiger partial charge in [-0.05, 0) is 65.0 Å². The fraction of sp³-hybridized carbons (Fsp3) is 0.636. The van der Waals surface area contributed by atoms with Gasteiger partial charge in [0.1, 0.15) is 11.3 Å². The van der Waals surface area contributed by atoms with Crippen LogP contribution in [0.25, 0.3) is 5.65 Å². The molecule has 0 unspecified atom stereocenters. The molecule has 0 spiro atoms. The highest BCUT2D eigenvalue weighted by atomic mass is 19.3. The number of hydrogen-bond acceptors (Lipinski definition) is 2. The molecular weight excluding hydrogens is 398 g/mol. The molecule has 0 radical (unpaired) electrons. The summed E-state index contributed by atoms with van der Waals surface area (Å²) in [7, 11) is 0. The first-order valence-electron chi connectivity index (χ1n) is 10.3. The molecule has 1 fully saturated rings. The summed E-state index contributed by atoms with van der Waals surface area (Å²) in [4.78, 5) is 16.7. The topological polar surface area (TPSA) is 46.4 Å². The Labute approximate surface area is 174 Å². The third-order valence-electron chi connectivity index (χ3n) is 5.49. The molecule has 2 heterocycles. The number of nitrogens with one attached hydrogen (secondary N) is 1. The second-order valence-electron chi connectivity index (χ2n) is 9.58. The van der Waals surface area contributed by atoms with Crippen LogP contribution in [0.3, 0.4) is 0 Å². The molecule has 30 heavy (non-hydrogen) atoms. The standard InChI is InChI=1S/C22H29F4N3O/c1-13-10-15(19(30)28-20(2,3)4)12-17-27-18(21(5,23)24)16(29(13)17)11-14-6-8-22(25,26)9-7-14/h10,12,14H,6-9,11H2,1-5H3,(H,28,30). The lowest BCUT2D eigenvalue weighted by Gasteiger charge is -2.28. The van der Waals surface area contributed by atoms with Crippen LogP contribution in [0.5, 0.6) is 0 Å². The van der Waals surface area contributed by atoms with Gasteiger partial charge in [0.25, 0.3) is 11.8 Å². The zero-order chi connectivity index (χ0) is 22.5. The summed E-state index contributed by atoms with van der Waals surface area (Å²) >= 11 is 0. The molecule has 1 N–H and O–H groups in total. The predicted octanol–water partition coefficient (Wildman–Crippen LogP) is 5.65. The van der Waals surface area contributed by atoms with E-state index in [-0.39, 0.29) is 42.4 Å². The van der Waals surface area contributed by atoms with Crippen molar-refractivity contribution in [1.82, 2.24) is 14.7 Å². The molecule has 0 aliphatic heterocycles. The van der Waals surface area contributed by atoms with Gasteiger partial charge >= 0.3 is 0 Å². The van der Waals surface area contributed by atoms with Crippen molar-refractivity contribution in [3.05, 3.63) is 34.8 Å². The van der Waals surface area contributed by atoms with Gasteiger partial charge in [0.2, 0.25) is 5.92 Å². The van der Waals surface area contributed by atoms with E-state index in [0.717, 1.165) is 6.92 Å².